The van der Waals surface area contributed by atoms with Gasteiger partial charge in [0, 0.05) is 0 Å². The van der Waals surface area contributed by atoms with E-state index < -0.39 is 12.0 Å². The monoisotopic (exact) mass is 235 g/mol. The summed E-state index contributed by atoms with van der Waals surface area (Å²) in [4.78, 5) is 11.1. The summed E-state index contributed by atoms with van der Waals surface area (Å²) in [6.07, 6.45) is -0.791. The van der Waals surface area contributed by atoms with Crippen LogP contribution in [0, 0.1) is 0 Å². The summed E-state index contributed by atoms with van der Waals surface area (Å²) in [5, 5.41) is 9.42. The van der Waals surface area contributed by atoms with Crippen LogP contribution in [-0.4, -0.2) is 28.6 Å². The molecule has 0 radical (unpaired) electrons. The summed E-state index contributed by atoms with van der Waals surface area (Å²) in [7, 11) is 0. The van der Waals surface area contributed by atoms with Crippen LogP contribution in [0.4, 0.5) is 0 Å². The topological polar surface area (TPSA) is 63.3 Å². The fourth-order valence-electron chi connectivity index (χ4n) is 0.936. The Hall–Kier alpha value is -0.130. The standard InChI is InChI=1S/C9H17NO2S2/c1-4-13-9(14-5-2)7(6(3)11)8(10)12/h6,11H,4-5H2,1-3H3,(H2,10,12). The number of aliphatic hydroxyl groups excluding tert-OH is 1. The van der Waals surface area contributed by atoms with Crippen molar-refractivity contribution in [1.82, 2.24) is 0 Å². The molecule has 5 heteroatoms. The first-order valence-electron chi connectivity index (χ1n) is 4.52. The molecule has 0 aromatic heterocycles. The van der Waals surface area contributed by atoms with E-state index in [9.17, 15) is 9.90 Å². The molecule has 82 valence electrons. The molecule has 1 unspecified atom stereocenters. The molecule has 1 atom stereocenters. The molecule has 0 aliphatic rings. The Kier molecular flexibility index (Phi) is 7.13. The molecule has 0 rings (SSSR count). The third-order valence-corrected chi connectivity index (χ3v) is 3.70. The number of carbonyl (C=O) groups is 1. The first-order valence-corrected chi connectivity index (χ1v) is 6.49. The fraction of sp³-hybridized carbons (Fsp3) is 0.667. The van der Waals surface area contributed by atoms with E-state index in [-0.39, 0.29) is 0 Å². The van der Waals surface area contributed by atoms with Crippen LogP contribution in [0.3, 0.4) is 0 Å². The number of aliphatic hydroxyl groups is 1. The molecule has 0 fully saturated rings. The van der Waals surface area contributed by atoms with Gasteiger partial charge < -0.3 is 10.8 Å². The van der Waals surface area contributed by atoms with Crippen molar-refractivity contribution in [3.8, 4) is 0 Å². The van der Waals surface area contributed by atoms with Crippen LogP contribution in [0.1, 0.15) is 20.8 Å². The van der Waals surface area contributed by atoms with Crippen LogP contribution in [0.2, 0.25) is 0 Å². The summed E-state index contributed by atoms with van der Waals surface area (Å²) in [6.45, 7) is 5.57. The molecule has 3 N–H and O–H groups in total. The van der Waals surface area contributed by atoms with Crippen LogP contribution < -0.4 is 5.73 Å². The predicted molar refractivity (Wildman–Crippen MR) is 64.2 cm³/mol. The highest BCUT2D eigenvalue weighted by Crippen LogP contribution is 2.32. The maximum absolute atomic E-state index is 11.1. The van der Waals surface area contributed by atoms with Crippen molar-refractivity contribution in [2.24, 2.45) is 5.73 Å². The van der Waals surface area contributed by atoms with Gasteiger partial charge >= 0.3 is 0 Å². The lowest BCUT2D eigenvalue weighted by Crippen LogP contribution is -2.23. The summed E-state index contributed by atoms with van der Waals surface area (Å²) in [5.41, 5.74) is 5.55. The first kappa shape index (κ1) is 13.9. The van der Waals surface area contributed by atoms with Crippen LogP contribution in [0.15, 0.2) is 9.81 Å². The molecule has 0 aliphatic heterocycles. The minimum atomic E-state index is -0.791. The summed E-state index contributed by atoms with van der Waals surface area (Å²) in [5.74, 6) is 1.20. The van der Waals surface area contributed by atoms with Crippen molar-refractivity contribution in [2.75, 3.05) is 11.5 Å². The number of nitrogens with two attached hydrogens (primary N) is 1. The fourth-order valence-corrected chi connectivity index (χ4v) is 3.35. The maximum atomic E-state index is 11.1. The van der Waals surface area contributed by atoms with Crippen LogP contribution in [0.25, 0.3) is 0 Å². The van der Waals surface area contributed by atoms with Gasteiger partial charge in [-0.05, 0) is 18.4 Å². The maximum Gasteiger partial charge on any atom is 0.248 e. The van der Waals surface area contributed by atoms with Gasteiger partial charge in [0.1, 0.15) is 0 Å². The molecular formula is C9H17NO2S2. The first-order chi connectivity index (χ1) is 6.54. The lowest BCUT2D eigenvalue weighted by atomic mass is 10.2. The molecule has 0 aliphatic carbocycles. The van der Waals surface area contributed by atoms with E-state index in [1.807, 2.05) is 13.8 Å². The highest BCUT2D eigenvalue weighted by Gasteiger charge is 2.17. The zero-order valence-electron chi connectivity index (χ0n) is 8.74. The van der Waals surface area contributed by atoms with Crippen molar-refractivity contribution in [3.63, 3.8) is 0 Å². The summed E-state index contributed by atoms with van der Waals surface area (Å²) >= 11 is 3.10. The number of carbonyl (C=O) groups excluding carboxylic acids is 1. The smallest absolute Gasteiger partial charge is 0.248 e. The van der Waals surface area contributed by atoms with E-state index in [1.54, 1.807) is 30.4 Å². The van der Waals surface area contributed by atoms with Gasteiger partial charge in [0.05, 0.1) is 15.9 Å². The van der Waals surface area contributed by atoms with Gasteiger partial charge in [-0.2, -0.15) is 0 Å². The van der Waals surface area contributed by atoms with Crippen LogP contribution >= 0.6 is 23.5 Å². The van der Waals surface area contributed by atoms with E-state index in [0.717, 1.165) is 15.7 Å². The number of hydrogen-bond donors (Lipinski definition) is 2. The third-order valence-electron chi connectivity index (χ3n) is 1.45. The zero-order chi connectivity index (χ0) is 11.1. The van der Waals surface area contributed by atoms with E-state index in [4.69, 9.17) is 5.73 Å². The van der Waals surface area contributed by atoms with Gasteiger partial charge in [0.15, 0.2) is 0 Å². The number of rotatable bonds is 6. The predicted octanol–water partition coefficient (Wildman–Crippen LogP) is 1.57. The van der Waals surface area contributed by atoms with Gasteiger partial charge in [0.2, 0.25) is 5.91 Å². The molecule has 1 amide bonds. The van der Waals surface area contributed by atoms with Crippen molar-refractivity contribution in [1.29, 1.82) is 0 Å². The van der Waals surface area contributed by atoms with E-state index >= 15 is 0 Å². The van der Waals surface area contributed by atoms with Gasteiger partial charge in [-0.1, -0.05) is 13.8 Å². The Morgan fingerprint density at radius 1 is 1.36 bits per heavy atom. The Balaban J connectivity index is 4.93. The molecule has 14 heavy (non-hydrogen) atoms. The lowest BCUT2D eigenvalue weighted by Gasteiger charge is -2.12. The van der Waals surface area contributed by atoms with Crippen molar-refractivity contribution >= 4 is 29.4 Å². The number of amides is 1. The summed E-state index contributed by atoms with van der Waals surface area (Å²) < 4.78 is 0.845. The Labute approximate surface area is 93.5 Å². The van der Waals surface area contributed by atoms with Crippen molar-refractivity contribution in [2.45, 2.75) is 26.9 Å². The number of thioether (sulfide) groups is 2. The second-order valence-corrected chi connectivity index (χ2v) is 5.41. The molecule has 0 aromatic carbocycles. The van der Waals surface area contributed by atoms with Gasteiger partial charge in [-0.25, -0.2) is 0 Å². The van der Waals surface area contributed by atoms with Crippen LogP contribution in [-0.2, 0) is 4.79 Å². The van der Waals surface area contributed by atoms with Crippen LogP contribution in [0.5, 0.6) is 0 Å². The largest absolute Gasteiger partial charge is 0.388 e. The molecule has 0 aromatic rings. The average molecular weight is 235 g/mol. The normalized spacial score (nSPS) is 12.3. The average Bonchev–Trinajstić information content (AvgIpc) is 2.03. The SMILES string of the molecule is CCSC(SCC)=C(C(N)=O)C(C)O. The van der Waals surface area contributed by atoms with Crippen molar-refractivity contribution in [3.05, 3.63) is 9.81 Å². The van der Waals surface area contributed by atoms with E-state index in [1.165, 1.54) is 0 Å². The molecule has 0 saturated heterocycles. The van der Waals surface area contributed by atoms with Gasteiger partial charge in [-0.15, -0.1) is 23.5 Å². The van der Waals surface area contributed by atoms with E-state index in [2.05, 4.69) is 0 Å². The second-order valence-electron chi connectivity index (χ2n) is 2.61. The minimum Gasteiger partial charge on any atom is -0.388 e. The second kappa shape index (κ2) is 7.20. The molecule has 0 heterocycles. The third kappa shape index (κ3) is 4.39. The Bertz CT molecular complexity index is 219. The Morgan fingerprint density at radius 3 is 2.00 bits per heavy atom. The molecule has 0 saturated carbocycles. The van der Waals surface area contributed by atoms with Gasteiger partial charge in [-0.3, -0.25) is 4.79 Å². The van der Waals surface area contributed by atoms with E-state index in [0.29, 0.717) is 5.57 Å². The highest BCUT2D eigenvalue weighted by atomic mass is 32.2. The zero-order valence-corrected chi connectivity index (χ0v) is 10.4. The van der Waals surface area contributed by atoms with Crippen molar-refractivity contribution < 1.29 is 9.90 Å². The molecule has 3 nitrogen and oxygen atoms in total. The summed E-state index contributed by atoms with van der Waals surface area (Å²) in [6, 6.07) is 0. The quantitative estimate of drug-likeness (QED) is 0.686. The molecule has 0 bridgehead atoms. The number of primary amides is 1. The minimum absolute atomic E-state index is 0.337. The van der Waals surface area contributed by atoms with Gasteiger partial charge in [0.25, 0.3) is 0 Å². The highest BCUT2D eigenvalue weighted by molar-refractivity contribution is 8.22. The number of hydrogen-bond acceptors (Lipinski definition) is 4. The molecule has 0 spiro atoms. The molecular weight excluding hydrogens is 218 g/mol. The lowest BCUT2D eigenvalue weighted by molar-refractivity contribution is -0.115. The Morgan fingerprint density at radius 2 is 1.79 bits per heavy atom.